The molecule has 5 aromatic carbocycles. The van der Waals surface area contributed by atoms with Crippen LogP contribution in [-0.4, -0.2) is 0 Å². The van der Waals surface area contributed by atoms with E-state index in [-0.39, 0.29) is 5.41 Å². The minimum Gasteiger partial charge on any atom is -0.456 e. The number of hydrogen-bond donors (Lipinski definition) is 0. The van der Waals surface area contributed by atoms with E-state index < -0.39 is 0 Å². The van der Waals surface area contributed by atoms with Crippen LogP contribution in [0, 0.1) is 0 Å². The summed E-state index contributed by atoms with van der Waals surface area (Å²) in [5.41, 5.74) is 10.1. The van der Waals surface area contributed by atoms with Crippen molar-refractivity contribution in [3.63, 3.8) is 0 Å². The van der Waals surface area contributed by atoms with Gasteiger partial charge in [-0.2, -0.15) is 0 Å². The molecule has 0 spiro atoms. The standard InChI is InChI=1S/C32H24O/c1-32(2)27-13-6-5-11-24(27)25-16-14-20(19-28(25)32)18-22-9-7-12-26-30-23-10-4-3-8-21(23)15-17-29(30)33-31(22)26/h3-17,19H,18H2,1-2H3. The Kier molecular flexibility index (Phi) is 3.73. The summed E-state index contributed by atoms with van der Waals surface area (Å²) in [4.78, 5) is 0. The van der Waals surface area contributed by atoms with Gasteiger partial charge >= 0.3 is 0 Å². The molecule has 0 bridgehead atoms. The molecule has 0 saturated heterocycles. The lowest BCUT2D eigenvalue weighted by Gasteiger charge is -2.22. The number of para-hydroxylation sites is 1. The fraction of sp³-hybridized carbons (Fsp3) is 0.125. The van der Waals surface area contributed by atoms with E-state index in [1.807, 2.05) is 0 Å². The van der Waals surface area contributed by atoms with Gasteiger partial charge in [0.1, 0.15) is 11.2 Å². The summed E-state index contributed by atoms with van der Waals surface area (Å²) in [6, 6.07) is 35.2. The summed E-state index contributed by atoms with van der Waals surface area (Å²) in [6.45, 7) is 4.68. The van der Waals surface area contributed by atoms with Crippen molar-refractivity contribution in [1.82, 2.24) is 0 Å². The lowest BCUT2D eigenvalue weighted by Crippen LogP contribution is -2.15. The van der Waals surface area contributed by atoms with E-state index in [2.05, 4.69) is 111 Å². The second-order valence-electron chi connectivity index (χ2n) is 9.78. The monoisotopic (exact) mass is 424 g/mol. The van der Waals surface area contributed by atoms with Crippen molar-refractivity contribution in [2.45, 2.75) is 25.7 Å². The van der Waals surface area contributed by atoms with Gasteiger partial charge < -0.3 is 4.42 Å². The molecule has 0 radical (unpaired) electrons. The number of fused-ring (bicyclic) bond motifs is 8. The van der Waals surface area contributed by atoms with Crippen molar-refractivity contribution in [3.8, 4) is 11.1 Å². The maximum absolute atomic E-state index is 6.45. The van der Waals surface area contributed by atoms with E-state index in [9.17, 15) is 0 Å². The van der Waals surface area contributed by atoms with Crippen LogP contribution in [0.5, 0.6) is 0 Å². The van der Waals surface area contributed by atoms with Crippen molar-refractivity contribution in [3.05, 3.63) is 119 Å². The largest absolute Gasteiger partial charge is 0.456 e. The van der Waals surface area contributed by atoms with Gasteiger partial charge in [0.05, 0.1) is 0 Å². The minimum atomic E-state index is 0.0201. The van der Waals surface area contributed by atoms with E-state index >= 15 is 0 Å². The van der Waals surface area contributed by atoms with E-state index in [0.717, 1.165) is 17.6 Å². The first-order chi connectivity index (χ1) is 16.1. The Labute approximate surface area is 193 Å². The second-order valence-corrected chi connectivity index (χ2v) is 9.78. The fourth-order valence-electron chi connectivity index (χ4n) is 5.85. The molecule has 1 heteroatoms. The van der Waals surface area contributed by atoms with Crippen molar-refractivity contribution in [2.24, 2.45) is 0 Å². The van der Waals surface area contributed by atoms with Gasteiger partial charge in [-0.1, -0.05) is 105 Å². The topological polar surface area (TPSA) is 13.1 Å². The Balaban J connectivity index is 1.37. The summed E-state index contributed by atoms with van der Waals surface area (Å²) in [5, 5.41) is 4.92. The van der Waals surface area contributed by atoms with Crippen LogP contribution in [0.15, 0.2) is 101 Å². The minimum absolute atomic E-state index is 0.0201. The van der Waals surface area contributed by atoms with Crippen LogP contribution >= 0.6 is 0 Å². The summed E-state index contributed by atoms with van der Waals surface area (Å²) >= 11 is 0. The third-order valence-corrected chi connectivity index (χ3v) is 7.51. The predicted octanol–water partition coefficient (Wildman–Crippen LogP) is 8.64. The highest BCUT2D eigenvalue weighted by molar-refractivity contribution is 6.19. The fourth-order valence-corrected chi connectivity index (χ4v) is 5.85. The molecule has 158 valence electrons. The molecule has 0 unspecified atom stereocenters. The molecule has 1 aliphatic carbocycles. The molecule has 0 N–H and O–H groups in total. The van der Waals surface area contributed by atoms with Crippen LogP contribution < -0.4 is 0 Å². The molecule has 1 heterocycles. The molecule has 6 aromatic rings. The first kappa shape index (κ1) is 18.7. The van der Waals surface area contributed by atoms with E-state index in [1.165, 1.54) is 54.9 Å². The normalized spacial score (nSPS) is 14.1. The predicted molar refractivity (Wildman–Crippen MR) is 138 cm³/mol. The zero-order chi connectivity index (χ0) is 22.2. The van der Waals surface area contributed by atoms with Gasteiger partial charge in [-0.15, -0.1) is 0 Å². The Bertz CT molecular complexity index is 1710. The number of furan rings is 1. The molecule has 0 aliphatic heterocycles. The van der Waals surface area contributed by atoms with Crippen LogP contribution in [0.1, 0.15) is 36.1 Å². The second kappa shape index (κ2) is 6.59. The summed E-state index contributed by atoms with van der Waals surface area (Å²) in [7, 11) is 0. The average molecular weight is 425 g/mol. The number of rotatable bonds is 2. The zero-order valence-electron chi connectivity index (χ0n) is 18.9. The van der Waals surface area contributed by atoms with Crippen LogP contribution in [0.2, 0.25) is 0 Å². The zero-order valence-corrected chi connectivity index (χ0v) is 18.9. The number of hydrogen-bond acceptors (Lipinski definition) is 1. The van der Waals surface area contributed by atoms with E-state index in [0.29, 0.717) is 0 Å². The van der Waals surface area contributed by atoms with Crippen molar-refractivity contribution in [1.29, 1.82) is 0 Å². The van der Waals surface area contributed by atoms with Gasteiger partial charge in [0, 0.05) is 22.6 Å². The Morgan fingerprint density at radius 2 is 1.45 bits per heavy atom. The molecule has 0 fully saturated rings. The molecule has 1 aliphatic rings. The first-order valence-electron chi connectivity index (χ1n) is 11.7. The smallest absolute Gasteiger partial charge is 0.138 e. The maximum Gasteiger partial charge on any atom is 0.138 e. The van der Waals surface area contributed by atoms with Gasteiger partial charge in [0.2, 0.25) is 0 Å². The Morgan fingerprint density at radius 3 is 2.39 bits per heavy atom. The molecule has 1 nitrogen and oxygen atoms in total. The molecular formula is C32H24O. The van der Waals surface area contributed by atoms with Gasteiger partial charge in [-0.3, -0.25) is 0 Å². The highest BCUT2D eigenvalue weighted by Gasteiger charge is 2.35. The van der Waals surface area contributed by atoms with E-state index in [4.69, 9.17) is 4.42 Å². The van der Waals surface area contributed by atoms with Gasteiger partial charge in [-0.05, 0) is 50.2 Å². The van der Waals surface area contributed by atoms with Gasteiger partial charge in [-0.25, -0.2) is 0 Å². The molecule has 0 saturated carbocycles. The van der Waals surface area contributed by atoms with Gasteiger partial charge in [0.25, 0.3) is 0 Å². The molecule has 1 aromatic heterocycles. The lowest BCUT2D eigenvalue weighted by molar-refractivity contribution is 0.658. The SMILES string of the molecule is CC1(C)c2ccccc2-c2ccc(Cc3cccc4c3oc3ccc5ccccc5c34)cc21. The van der Waals surface area contributed by atoms with Crippen LogP contribution in [0.4, 0.5) is 0 Å². The maximum atomic E-state index is 6.45. The van der Waals surface area contributed by atoms with Crippen LogP contribution in [0.3, 0.4) is 0 Å². The molecule has 0 atom stereocenters. The third kappa shape index (κ3) is 2.60. The quantitative estimate of drug-likeness (QED) is 0.271. The highest BCUT2D eigenvalue weighted by Crippen LogP contribution is 2.48. The lowest BCUT2D eigenvalue weighted by atomic mass is 9.81. The first-order valence-corrected chi connectivity index (χ1v) is 11.7. The Morgan fingerprint density at radius 1 is 0.667 bits per heavy atom. The van der Waals surface area contributed by atoms with Crippen LogP contribution in [0.25, 0.3) is 43.8 Å². The van der Waals surface area contributed by atoms with Crippen molar-refractivity contribution in [2.75, 3.05) is 0 Å². The molecule has 0 amide bonds. The summed E-state index contributed by atoms with van der Waals surface area (Å²) in [6.07, 6.45) is 0.856. The van der Waals surface area contributed by atoms with Crippen LogP contribution in [-0.2, 0) is 11.8 Å². The third-order valence-electron chi connectivity index (χ3n) is 7.51. The van der Waals surface area contributed by atoms with Gasteiger partial charge in [0.15, 0.2) is 0 Å². The molecule has 7 rings (SSSR count). The van der Waals surface area contributed by atoms with Crippen molar-refractivity contribution >= 4 is 32.7 Å². The molecular weight excluding hydrogens is 400 g/mol. The number of benzene rings is 5. The van der Waals surface area contributed by atoms with E-state index in [1.54, 1.807) is 0 Å². The summed E-state index contributed by atoms with van der Waals surface area (Å²) < 4.78 is 6.45. The average Bonchev–Trinajstić information content (AvgIpc) is 3.34. The molecule has 33 heavy (non-hydrogen) atoms. The van der Waals surface area contributed by atoms with Crippen molar-refractivity contribution < 1.29 is 4.42 Å². The highest BCUT2D eigenvalue weighted by atomic mass is 16.3. The summed E-state index contributed by atoms with van der Waals surface area (Å²) in [5.74, 6) is 0. The Hall–Kier alpha value is -3.84.